The van der Waals surface area contributed by atoms with Crippen molar-refractivity contribution in [1.82, 2.24) is 15.1 Å². The van der Waals surface area contributed by atoms with Gasteiger partial charge in [0.05, 0.1) is 31.0 Å². The normalized spacial score (nSPS) is 24.9. The summed E-state index contributed by atoms with van der Waals surface area (Å²) in [7, 11) is 0. The van der Waals surface area contributed by atoms with Crippen molar-refractivity contribution in [3.8, 4) is 0 Å². The molecule has 2 heterocycles. The van der Waals surface area contributed by atoms with E-state index in [1.165, 1.54) is 19.3 Å². The van der Waals surface area contributed by atoms with Crippen LogP contribution in [0.1, 0.15) is 50.8 Å². The molecule has 0 aromatic carbocycles. The number of ether oxygens (including phenoxy) is 2. The number of hydrogen-bond acceptors (Lipinski definition) is 4. The van der Waals surface area contributed by atoms with Crippen LogP contribution in [0.2, 0.25) is 0 Å². The average molecular weight is 336 g/mol. The molecule has 1 aromatic rings. The molecule has 24 heavy (non-hydrogen) atoms. The van der Waals surface area contributed by atoms with Crippen molar-refractivity contribution in [2.75, 3.05) is 25.1 Å². The lowest BCUT2D eigenvalue weighted by atomic mass is 9.96. The van der Waals surface area contributed by atoms with Crippen LogP contribution in [0.4, 0.5) is 10.6 Å². The number of carbonyl (C=O) groups is 1. The van der Waals surface area contributed by atoms with E-state index in [0.717, 1.165) is 24.4 Å². The molecule has 3 rings (SSSR count). The van der Waals surface area contributed by atoms with E-state index in [9.17, 15) is 4.79 Å². The Hall–Kier alpha value is -1.60. The molecule has 1 aliphatic heterocycles. The molecule has 2 amide bonds. The molecule has 134 valence electrons. The van der Waals surface area contributed by atoms with E-state index in [-0.39, 0.29) is 18.2 Å². The van der Waals surface area contributed by atoms with E-state index >= 15 is 0 Å². The zero-order valence-electron chi connectivity index (χ0n) is 14.6. The van der Waals surface area contributed by atoms with Gasteiger partial charge in [-0.15, -0.1) is 0 Å². The number of amides is 2. The van der Waals surface area contributed by atoms with Gasteiger partial charge in [-0.1, -0.05) is 19.3 Å². The smallest absolute Gasteiger partial charge is 0.320 e. The van der Waals surface area contributed by atoms with Crippen LogP contribution in [0.3, 0.4) is 0 Å². The minimum atomic E-state index is -0.229. The summed E-state index contributed by atoms with van der Waals surface area (Å²) in [6, 6.07) is 1.97. The first-order chi connectivity index (χ1) is 11.7. The average Bonchev–Trinajstić information content (AvgIpc) is 3.15. The highest BCUT2D eigenvalue weighted by atomic mass is 16.5. The van der Waals surface area contributed by atoms with Crippen LogP contribution in [0.5, 0.6) is 0 Å². The molecular weight excluding hydrogens is 308 g/mol. The molecule has 2 aliphatic rings. The Labute approximate surface area is 143 Å². The number of aryl methyl sites for hydroxylation is 1. The molecular formula is C17H28N4O3. The standard InChI is InChI=1S/C17H28N4O3/c1-3-24-15-11-23-10-14(15)18-17(22)19-16-9-12(2)20-21(16)13-7-5-4-6-8-13/h9,13-15H,3-8,10-11H2,1-2H3,(H2,18,19,22)/t14-,15-/m1/s1. The molecule has 1 aromatic heterocycles. The first-order valence-corrected chi connectivity index (χ1v) is 9.00. The number of anilines is 1. The molecule has 1 saturated heterocycles. The maximum Gasteiger partial charge on any atom is 0.320 e. The summed E-state index contributed by atoms with van der Waals surface area (Å²) in [4.78, 5) is 12.4. The van der Waals surface area contributed by atoms with Crippen molar-refractivity contribution < 1.29 is 14.3 Å². The molecule has 7 heteroatoms. The van der Waals surface area contributed by atoms with Gasteiger partial charge in [-0.25, -0.2) is 9.48 Å². The number of rotatable bonds is 5. The van der Waals surface area contributed by atoms with Gasteiger partial charge in [-0.2, -0.15) is 5.10 Å². The number of nitrogens with zero attached hydrogens (tertiary/aromatic N) is 2. The number of urea groups is 1. The molecule has 1 aliphatic carbocycles. The third-order valence-electron chi connectivity index (χ3n) is 4.75. The topological polar surface area (TPSA) is 77.4 Å². The van der Waals surface area contributed by atoms with Crippen molar-refractivity contribution in [3.63, 3.8) is 0 Å². The molecule has 0 bridgehead atoms. The second-order valence-electron chi connectivity index (χ2n) is 6.64. The predicted molar refractivity (Wildman–Crippen MR) is 91.3 cm³/mol. The van der Waals surface area contributed by atoms with E-state index < -0.39 is 0 Å². The fourth-order valence-electron chi connectivity index (χ4n) is 3.58. The summed E-state index contributed by atoms with van der Waals surface area (Å²) in [5, 5.41) is 10.5. The van der Waals surface area contributed by atoms with Gasteiger partial charge in [-0.3, -0.25) is 5.32 Å². The molecule has 2 atom stereocenters. The van der Waals surface area contributed by atoms with E-state index in [2.05, 4.69) is 15.7 Å². The lowest BCUT2D eigenvalue weighted by Gasteiger charge is -2.24. The summed E-state index contributed by atoms with van der Waals surface area (Å²) < 4.78 is 13.0. The summed E-state index contributed by atoms with van der Waals surface area (Å²) in [6.07, 6.45) is 5.92. The molecule has 0 radical (unpaired) electrons. The first-order valence-electron chi connectivity index (χ1n) is 9.00. The number of aromatic nitrogens is 2. The zero-order chi connectivity index (χ0) is 16.9. The van der Waals surface area contributed by atoms with Crippen LogP contribution >= 0.6 is 0 Å². The highest BCUT2D eigenvalue weighted by Gasteiger charge is 2.30. The first kappa shape index (κ1) is 17.2. The summed E-state index contributed by atoms with van der Waals surface area (Å²) in [6.45, 7) is 5.53. The van der Waals surface area contributed by atoms with Gasteiger partial charge in [0.15, 0.2) is 0 Å². The molecule has 2 N–H and O–H groups in total. The quantitative estimate of drug-likeness (QED) is 0.866. The van der Waals surface area contributed by atoms with Gasteiger partial charge < -0.3 is 14.8 Å². The Bertz CT molecular complexity index is 554. The second kappa shape index (κ2) is 7.98. The van der Waals surface area contributed by atoms with Crippen molar-refractivity contribution in [3.05, 3.63) is 11.8 Å². The SMILES string of the molecule is CCO[C@@H]1COC[C@H]1NC(=O)Nc1cc(C)nn1C1CCCCC1. The van der Waals surface area contributed by atoms with Gasteiger partial charge in [0, 0.05) is 12.7 Å². The van der Waals surface area contributed by atoms with Gasteiger partial charge in [0.1, 0.15) is 11.9 Å². The van der Waals surface area contributed by atoms with Crippen LogP contribution in [0.25, 0.3) is 0 Å². The monoisotopic (exact) mass is 336 g/mol. The zero-order valence-corrected chi connectivity index (χ0v) is 14.6. The molecule has 0 spiro atoms. The van der Waals surface area contributed by atoms with E-state index in [4.69, 9.17) is 9.47 Å². The van der Waals surface area contributed by atoms with E-state index in [1.54, 1.807) is 0 Å². The maximum atomic E-state index is 12.4. The fraction of sp³-hybridized carbons (Fsp3) is 0.765. The van der Waals surface area contributed by atoms with Gasteiger partial charge >= 0.3 is 6.03 Å². The van der Waals surface area contributed by atoms with Crippen molar-refractivity contribution in [1.29, 1.82) is 0 Å². The molecule has 7 nitrogen and oxygen atoms in total. The van der Waals surface area contributed by atoms with E-state index in [1.807, 2.05) is 24.6 Å². The van der Waals surface area contributed by atoms with Gasteiger partial charge in [0.25, 0.3) is 0 Å². The molecule has 2 fully saturated rings. The van der Waals surface area contributed by atoms with Crippen LogP contribution in [0.15, 0.2) is 6.07 Å². The van der Waals surface area contributed by atoms with Gasteiger partial charge in [-0.05, 0) is 26.7 Å². The fourth-order valence-corrected chi connectivity index (χ4v) is 3.58. The lowest BCUT2D eigenvalue weighted by molar-refractivity contribution is 0.0428. The van der Waals surface area contributed by atoms with Crippen LogP contribution < -0.4 is 10.6 Å². The lowest BCUT2D eigenvalue weighted by Crippen LogP contribution is -2.45. The Morgan fingerprint density at radius 2 is 2.17 bits per heavy atom. The van der Waals surface area contributed by atoms with Crippen LogP contribution in [-0.4, -0.2) is 47.8 Å². The van der Waals surface area contributed by atoms with Crippen molar-refractivity contribution in [2.24, 2.45) is 0 Å². The third-order valence-corrected chi connectivity index (χ3v) is 4.75. The largest absolute Gasteiger partial charge is 0.376 e. The number of hydrogen-bond donors (Lipinski definition) is 2. The van der Waals surface area contributed by atoms with Crippen LogP contribution in [0, 0.1) is 6.92 Å². The summed E-state index contributed by atoms with van der Waals surface area (Å²) in [5.74, 6) is 0.767. The summed E-state index contributed by atoms with van der Waals surface area (Å²) in [5.41, 5.74) is 0.923. The number of carbonyl (C=O) groups excluding carboxylic acids is 1. The minimum absolute atomic E-state index is 0.0780. The maximum absolute atomic E-state index is 12.4. The van der Waals surface area contributed by atoms with Crippen LogP contribution in [-0.2, 0) is 9.47 Å². The second-order valence-corrected chi connectivity index (χ2v) is 6.64. The van der Waals surface area contributed by atoms with E-state index in [0.29, 0.717) is 25.9 Å². The predicted octanol–water partition coefficient (Wildman–Crippen LogP) is 2.62. The Morgan fingerprint density at radius 1 is 1.38 bits per heavy atom. The minimum Gasteiger partial charge on any atom is -0.376 e. The van der Waals surface area contributed by atoms with Crippen molar-refractivity contribution in [2.45, 2.75) is 64.1 Å². The highest BCUT2D eigenvalue weighted by Crippen LogP contribution is 2.30. The molecule has 1 saturated carbocycles. The Balaban J connectivity index is 1.62. The third kappa shape index (κ3) is 4.08. The Kier molecular flexibility index (Phi) is 5.73. The van der Waals surface area contributed by atoms with Crippen molar-refractivity contribution >= 4 is 11.8 Å². The highest BCUT2D eigenvalue weighted by molar-refractivity contribution is 5.88. The van der Waals surface area contributed by atoms with Gasteiger partial charge in [0.2, 0.25) is 0 Å². The Morgan fingerprint density at radius 3 is 2.92 bits per heavy atom. The number of nitrogens with one attached hydrogen (secondary N) is 2. The summed E-state index contributed by atoms with van der Waals surface area (Å²) >= 11 is 0. The molecule has 0 unspecified atom stereocenters.